The zero-order chi connectivity index (χ0) is 16.6. The molecule has 0 saturated heterocycles. The Balaban J connectivity index is 1.81. The van der Waals surface area contributed by atoms with Gasteiger partial charge >= 0.3 is 0 Å². The average Bonchev–Trinajstić information content (AvgIpc) is 2.74. The van der Waals surface area contributed by atoms with Gasteiger partial charge in [-0.1, -0.05) is 30.3 Å². The molecule has 1 aliphatic rings. The Kier molecular flexibility index (Phi) is 3.68. The van der Waals surface area contributed by atoms with Crippen LogP contribution in [-0.2, 0) is 16.8 Å². The standard InChI is InChI=1S/C19H20N2O2/c1-19(2)15-11-14(9-10-16(15)21(3)18(19)23)17(22)20-12-13-7-5-4-6-8-13/h4-11H,12H2,1-3H3,(H,20,22). The summed E-state index contributed by atoms with van der Waals surface area (Å²) in [5, 5.41) is 2.92. The molecule has 23 heavy (non-hydrogen) atoms. The molecule has 0 aromatic heterocycles. The summed E-state index contributed by atoms with van der Waals surface area (Å²) in [7, 11) is 1.77. The summed E-state index contributed by atoms with van der Waals surface area (Å²) in [4.78, 5) is 26.3. The highest BCUT2D eigenvalue weighted by atomic mass is 16.2. The predicted octanol–water partition coefficient (Wildman–Crippen LogP) is 2.87. The number of nitrogens with one attached hydrogen (secondary N) is 1. The van der Waals surface area contributed by atoms with Crippen LogP contribution in [0.15, 0.2) is 48.5 Å². The molecule has 0 spiro atoms. The van der Waals surface area contributed by atoms with E-state index in [0.717, 1.165) is 16.8 Å². The lowest BCUT2D eigenvalue weighted by molar-refractivity contribution is -0.121. The summed E-state index contributed by atoms with van der Waals surface area (Å²) in [5.41, 5.74) is 2.81. The molecule has 0 saturated carbocycles. The number of hydrogen-bond acceptors (Lipinski definition) is 2. The van der Waals surface area contributed by atoms with Crippen molar-refractivity contribution in [3.8, 4) is 0 Å². The van der Waals surface area contributed by atoms with Crippen molar-refractivity contribution in [2.75, 3.05) is 11.9 Å². The van der Waals surface area contributed by atoms with Gasteiger partial charge in [0.15, 0.2) is 0 Å². The molecule has 0 atom stereocenters. The van der Waals surface area contributed by atoms with Gasteiger partial charge in [-0.25, -0.2) is 0 Å². The normalized spacial score (nSPS) is 15.4. The summed E-state index contributed by atoms with van der Waals surface area (Å²) < 4.78 is 0. The molecule has 2 amide bonds. The van der Waals surface area contributed by atoms with E-state index in [2.05, 4.69) is 5.32 Å². The van der Waals surface area contributed by atoms with Crippen LogP contribution >= 0.6 is 0 Å². The van der Waals surface area contributed by atoms with Crippen molar-refractivity contribution in [3.63, 3.8) is 0 Å². The van der Waals surface area contributed by atoms with Crippen molar-refractivity contribution >= 4 is 17.5 Å². The smallest absolute Gasteiger partial charge is 0.251 e. The van der Waals surface area contributed by atoms with Gasteiger partial charge < -0.3 is 10.2 Å². The molecule has 0 radical (unpaired) electrons. The van der Waals surface area contributed by atoms with Crippen LogP contribution in [0.2, 0.25) is 0 Å². The second-order valence-corrected chi connectivity index (χ2v) is 6.39. The Hall–Kier alpha value is -2.62. The van der Waals surface area contributed by atoms with Crippen LogP contribution in [0.1, 0.15) is 35.3 Å². The van der Waals surface area contributed by atoms with Crippen LogP contribution in [0, 0.1) is 0 Å². The van der Waals surface area contributed by atoms with E-state index in [4.69, 9.17) is 0 Å². The number of carbonyl (C=O) groups is 2. The summed E-state index contributed by atoms with van der Waals surface area (Å²) in [6.07, 6.45) is 0. The van der Waals surface area contributed by atoms with Gasteiger partial charge in [-0.2, -0.15) is 0 Å². The summed E-state index contributed by atoms with van der Waals surface area (Å²) >= 11 is 0. The first-order valence-corrected chi connectivity index (χ1v) is 7.66. The topological polar surface area (TPSA) is 49.4 Å². The fraction of sp³-hybridized carbons (Fsp3) is 0.263. The molecule has 3 rings (SSSR count). The maximum absolute atomic E-state index is 12.4. The van der Waals surface area contributed by atoms with Gasteiger partial charge in [0.2, 0.25) is 5.91 Å². The minimum Gasteiger partial charge on any atom is -0.348 e. The fourth-order valence-corrected chi connectivity index (χ4v) is 2.99. The van der Waals surface area contributed by atoms with Gasteiger partial charge in [0.25, 0.3) is 5.91 Å². The highest BCUT2D eigenvalue weighted by molar-refractivity contribution is 6.08. The second-order valence-electron chi connectivity index (χ2n) is 6.39. The molecule has 1 aliphatic heterocycles. The molecular formula is C19H20N2O2. The lowest BCUT2D eigenvalue weighted by atomic mass is 9.85. The van der Waals surface area contributed by atoms with Crippen molar-refractivity contribution in [3.05, 3.63) is 65.2 Å². The third kappa shape index (κ3) is 2.61. The van der Waals surface area contributed by atoms with Gasteiger partial charge in [-0.15, -0.1) is 0 Å². The quantitative estimate of drug-likeness (QED) is 0.948. The van der Waals surface area contributed by atoms with Crippen molar-refractivity contribution in [1.29, 1.82) is 0 Å². The number of anilines is 1. The lowest BCUT2D eigenvalue weighted by Crippen LogP contribution is -2.33. The minimum atomic E-state index is -0.597. The number of likely N-dealkylation sites (N-methyl/N-ethyl adjacent to an activating group) is 1. The van der Waals surface area contributed by atoms with Crippen molar-refractivity contribution < 1.29 is 9.59 Å². The molecule has 4 heteroatoms. The lowest BCUT2D eigenvalue weighted by Gasteiger charge is -2.16. The number of benzene rings is 2. The summed E-state index contributed by atoms with van der Waals surface area (Å²) in [6, 6.07) is 15.2. The Labute approximate surface area is 136 Å². The van der Waals surface area contributed by atoms with Crippen LogP contribution < -0.4 is 10.2 Å². The van der Waals surface area contributed by atoms with Crippen LogP contribution in [0.4, 0.5) is 5.69 Å². The molecule has 0 aliphatic carbocycles. The van der Waals surface area contributed by atoms with Crippen molar-refractivity contribution in [1.82, 2.24) is 5.32 Å². The molecule has 2 aromatic rings. The van der Waals surface area contributed by atoms with Gasteiger partial charge in [0.05, 0.1) is 5.41 Å². The third-order valence-electron chi connectivity index (χ3n) is 4.43. The maximum Gasteiger partial charge on any atom is 0.251 e. The van der Waals surface area contributed by atoms with Gasteiger partial charge in [0.1, 0.15) is 0 Å². The van der Waals surface area contributed by atoms with E-state index in [-0.39, 0.29) is 11.8 Å². The first-order chi connectivity index (χ1) is 10.9. The molecule has 0 fully saturated rings. The molecule has 0 unspecified atom stereocenters. The van der Waals surface area contributed by atoms with Gasteiger partial charge in [0, 0.05) is 24.8 Å². The predicted molar refractivity (Wildman–Crippen MR) is 90.5 cm³/mol. The zero-order valence-corrected chi connectivity index (χ0v) is 13.6. The number of carbonyl (C=O) groups excluding carboxylic acids is 2. The second kappa shape index (κ2) is 5.54. The largest absolute Gasteiger partial charge is 0.348 e. The van der Waals surface area contributed by atoms with Crippen LogP contribution in [-0.4, -0.2) is 18.9 Å². The number of fused-ring (bicyclic) bond motifs is 1. The summed E-state index contributed by atoms with van der Waals surface area (Å²) in [6.45, 7) is 4.27. The fourth-order valence-electron chi connectivity index (χ4n) is 2.99. The summed E-state index contributed by atoms with van der Waals surface area (Å²) in [5.74, 6) is -0.0798. The first-order valence-electron chi connectivity index (χ1n) is 7.66. The van der Waals surface area contributed by atoms with E-state index in [1.807, 2.05) is 56.3 Å². The molecule has 0 bridgehead atoms. The SMILES string of the molecule is CN1C(=O)C(C)(C)c2cc(C(=O)NCc3ccccc3)ccc21. The molecule has 2 aromatic carbocycles. The Morgan fingerprint density at radius 3 is 2.52 bits per heavy atom. The van der Waals surface area contributed by atoms with Gasteiger partial charge in [-0.3, -0.25) is 9.59 Å². The minimum absolute atomic E-state index is 0.0503. The van der Waals surface area contributed by atoms with E-state index in [9.17, 15) is 9.59 Å². The van der Waals surface area contributed by atoms with E-state index < -0.39 is 5.41 Å². The maximum atomic E-state index is 12.4. The number of rotatable bonds is 3. The molecule has 1 heterocycles. The number of amides is 2. The molecule has 1 N–H and O–H groups in total. The highest BCUT2D eigenvalue weighted by Crippen LogP contribution is 2.40. The van der Waals surface area contributed by atoms with E-state index in [1.54, 1.807) is 18.0 Å². The molecule has 4 nitrogen and oxygen atoms in total. The Morgan fingerprint density at radius 1 is 1.13 bits per heavy atom. The third-order valence-corrected chi connectivity index (χ3v) is 4.43. The number of nitrogens with zero attached hydrogens (tertiary/aromatic N) is 1. The van der Waals surface area contributed by atoms with E-state index in [0.29, 0.717) is 12.1 Å². The molecular weight excluding hydrogens is 288 g/mol. The first kappa shape index (κ1) is 15.3. The highest BCUT2D eigenvalue weighted by Gasteiger charge is 2.42. The number of hydrogen-bond donors (Lipinski definition) is 1. The monoisotopic (exact) mass is 308 g/mol. The van der Waals surface area contributed by atoms with Crippen LogP contribution in [0.25, 0.3) is 0 Å². The van der Waals surface area contributed by atoms with E-state index in [1.165, 1.54) is 0 Å². The van der Waals surface area contributed by atoms with Crippen molar-refractivity contribution in [2.24, 2.45) is 0 Å². The molecule has 118 valence electrons. The van der Waals surface area contributed by atoms with Crippen molar-refractivity contribution in [2.45, 2.75) is 25.8 Å². The van der Waals surface area contributed by atoms with Gasteiger partial charge in [-0.05, 0) is 43.2 Å². The van der Waals surface area contributed by atoms with Crippen LogP contribution in [0.5, 0.6) is 0 Å². The van der Waals surface area contributed by atoms with Crippen LogP contribution in [0.3, 0.4) is 0 Å². The Morgan fingerprint density at radius 2 is 1.83 bits per heavy atom. The Bertz CT molecular complexity index is 766. The zero-order valence-electron chi connectivity index (χ0n) is 13.6. The average molecular weight is 308 g/mol. The van der Waals surface area contributed by atoms with E-state index >= 15 is 0 Å².